The predicted molar refractivity (Wildman–Crippen MR) is 117 cm³/mol. The molecule has 0 saturated carbocycles. The van der Waals surface area contributed by atoms with Crippen LogP contribution in [0.25, 0.3) is 11.6 Å². The molecule has 154 valence electrons. The van der Waals surface area contributed by atoms with Crippen molar-refractivity contribution in [1.29, 1.82) is 0 Å². The normalized spacial score (nSPS) is 11.2. The lowest BCUT2D eigenvalue weighted by molar-refractivity contribution is -0.113. The summed E-state index contributed by atoms with van der Waals surface area (Å²) in [5.74, 6) is 2.02. The number of thioether (sulfide) groups is 1. The number of aromatic nitrogens is 3. The Labute approximate surface area is 176 Å². The first kappa shape index (κ1) is 21.2. The maximum absolute atomic E-state index is 12.7. The Morgan fingerprint density at radius 3 is 2.45 bits per heavy atom. The molecule has 0 spiro atoms. The van der Waals surface area contributed by atoms with E-state index in [1.807, 2.05) is 22.8 Å². The fourth-order valence-corrected chi connectivity index (χ4v) is 3.97. The molecule has 0 bridgehead atoms. The molecule has 3 aromatic rings. The number of hydrogen-bond acceptors (Lipinski definition) is 5. The van der Waals surface area contributed by atoms with Gasteiger partial charge in [0.1, 0.15) is 0 Å². The van der Waals surface area contributed by atoms with Crippen molar-refractivity contribution in [2.24, 2.45) is 5.92 Å². The van der Waals surface area contributed by atoms with E-state index in [9.17, 15) is 4.79 Å². The van der Waals surface area contributed by atoms with E-state index in [4.69, 9.17) is 4.42 Å². The first-order chi connectivity index (χ1) is 14.0. The largest absolute Gasteiger partial charge is 0.461 e. The molecule has 0 aliphatic carbocycles. The van der Waals surface area contributed by atoms with Gasteiger partial charge in [0, 0.05) is 12.2 Å². The lowest BCUT2D eigenvalue weighted by Crippen LogP contribution is -2.17. The highest BCUT2D eigenvalue weighted by Crippen LogP contribution is 2.27. The van der Waals surface area contributed by atoms with Gasteiger partial charge in [-0.2, -0.15) is 0 Å². The van der Waals surface area contributed by atoms with Crippen LogP contribution < -0.4 is 5.32 Å². The van der Waals surface area contributed by atoms with Crippen LogP contribution in [-0.4, -0.2) is 26.4 Å². The monoisotopic (exact) mass is 412 g/mol. The van der Waals surface area contributed by atoms with Crippen molar-refractivity contribution in [3.8, 4) is 11.6 Å². The minimum absolute atomic E-state index is 0.0377. The Bertz CT molecular complexity index is 926. The molecule has 0 radical (unpaired) electrons. The Hall–Kier alpha value is -2.54. The number of anilines is 1. The van der Waals surface area contributed by atoms with Gasteiger partial charge in [0.2, 0.25) is 5.91 Å². The van der Waals surface area contributed by atoms with Gasteiger partial charge in [-0.3, -0.25) is 9.36 Å². The summed E-state index contributed by atoms with van der Waals surface area (Å²) in [7, 11) is 0. The van der Waals surface area contributed by atoms with Gasteiger partial charge in [0.25, 0.3) is 0 Å². The molecule has 0 saturated heterocycles. The summed E-state index contributed by atoms with van der Waals surface area (Å²) in [6.07, 6.45) is 3.39. The highest BCUT2D eigenvalue weighted by atomic mass is 32.2. The maximum Gasteiger partial charge on any atom is 0.234 e. The van der Waals surface area contributed by atoms with E-state index < -0.39 is 0 Å². The molecule has 1 amide bonds. The highest BCUT2D eigenvalue weighted by Gasteiger charge is 2.18. The molecule has 0 unspecified atom stereocenters. The van der Waals surface area contributed by atoms with Crippen LogP contribution in [0.3, 0.4) is 0 Å². The molecule has 6 nitrogen and oxygen atoms in total. The van der Waals surface area contributed by atoms with Gasteiger partial charge in [-0.25, -0.2) is 0 Å². The van der Waals surface area contributed by atoms with Crippen molar-refractivity contribution in [2.75, 3.05) is 11.1 Å². The number of para-hydroxylation sites is 1. The van der Waals surface area contributed by atoms with E-state index in [1.54, 1.807) is 6.26 Å². The summed E-state index contributed by atoms with van der Waals surface area (Å²) in [6, 6.07) is 9.89. The van der Waals surface area contributed by atoms with Gasteiger partial charge in [0.05, 0.1) is 12.0 Å². The zero-order valence-corrected chi connectivity index (χ0v) is 18.3. The number of amides is 1. The fraction of sp³-hybridized carbons (Fsp3) is 0.409. The smallest absolute Gasteiger partial charge is 0.234 e. The molecular formula is C22H28N4O2S. The first-order valence-corrected chi connectivity index (χ1v) is 11.0. The average molecular weight is 413 g/mol. The number of hydrogen-bond donors (Lipinski definition) is 1. The van der Waals surface area contributed by atoms with Gasteiger partial charge in [0.15, 0.2) is 16.7 Å². The molecular weight excluding hydrogens is 384 g/mol. The summed E-state index contributed by atoms with van der Waals surface area (Å²) in [6.45, 7) is 9.24. The van der Waals surface area contributed by atoms with Crippen molar-refractivity contribution < 1.29 is 9.21 Å². The molecule has 3 rings (SSSR count). The number of nitrogens with zero attached hydrogens (tertiary/aromatic N) is 3. The van der Waals surface area contributed by atoms with E-state index in [0.717, 1.165) is 41.4 Å². The third-order valence-electron chi connectivity index (χ3n) is 4.60. The van der Waals surface area contributed by atoms with Gasteiger partial charge < -0.3 is 9.73 Å². The quantitative estimate of drug-likeness (QED) is 0.498. The summed E-state index contributed by atoms with van der Waals surface area (Å²) in [5.41, 5.74) is 3.26. The van der Waals surface area contributed by atoms with Crippen molar-refractivity contribution in [3.63, 3.8) is 0 Å². The number of nitrogens with one attached hydrogen (secondary N) is 1. The van der Waals surface area contributed by atoms with Crippen LogP contribution in [0.5, 0.6) is 0 Å². The van der Waals surface area contributed by atoms with E-state index in [-0.39, 0.29) is 11.7 Å². The lowest BCUT2D eigenvalue weighted by Gasteiger charge is -2.14. The van der Waals surface area contributed by atoms with Gasteiger partial charge in [-0.1, -0.05) is 57.7 Å². The molecule has 0 aliphatic heterocycles. The minimum atomic E-state index is -0.0377. The number of carbonyl (C=O) groups excluding carboxylic acids is 1. The molecule has 29 heavy (non-hydrogen) atoms. The Kier molecular flexibility index (Phi) is 7.14. The topological polar surface area (TPSA) is 73.0 Å². The molecule has 7 heteroatoms. The van der Waals surface area contributed by atoms with E-state index in [1.165, 1.54) is 11.8 Å². The van der Waals surface area contributed by atoms with Crippen molar-refractivity contribution in [3.05, 3.63) is 47.7 Å². The van der Waals surface area contributed by atoms with Crippen molar-refractivity contribution >= 4 is 23.4 Å². The van der Waals surface area contributed by atoms with Crippen LogP contribution in [0.4, 0.5) is 5.69 Å². The zero-order valence-electron chi connectivity index (χ0n) is 17.4. The van der Waals surface area contributed by atoms with Gasteiger partial charge >= 0.3 is 0 Å². The number of benzene rings is 1. The Morgan fingerprint density at radius 1 is 1.14 bits per heavy atom. The van der Waals surface area contributed by atoms with Gasteiger partial charge in [-0.15, -0.1) is 10.2 Å². The summed E-state index contributed by atoms with van der Waals surface area (Å²) < 4.78 is 7.53. The number of furan rings is 1. The number of aryl methyl sites for hydroxylation is 2. The number of rotatable bonds is 9. The second kappa shape index (κ2) is 9.78. The Morgan fingerprint density at radius 2 is 1.86 bits per heavy atom. The van der Waals surface area contributed by atoms with Crippen LogP contribution in [0.2, 0.25) is 0 Å². The van der Waals surface area contributed by atoms with E-state index in [2.05, 4.69) is 55.3 Å². The maximum atomic E-state index is 12.7. The predicted octanol–water partition coefficient (Wildman–Crippen LogP) is 5.05. The third kappa shape index (κ3) is 5.09. The lowest BCUT2D eigenvalue weighted by atomic mass is 10.0. The SMILES string of the molecule is CCc1cccc(CC)c1NC(=O)CSc1nnc(-c2ccco2)n1CC(C)C. The van der Waals surface area contributed by atoms with Crippen molar-refractivity contribution in [2.45, 2.75) is 52.2 Å². The fourth-order valence-electron chi connectivity index (χ4n) is 3.22. The van der Waals surface area contributed by atoms with Crippen LogP contribution in [0.15, 0.2) is 46.2 Å². The Balaban J connectivity index is 1.74. The standard InChI is InChI=1S/C22H28N4O2S/c1-5-16-9-7-10-17(6-2)20(16)23-19(27)14-29-22-25-24-21(18-11-8-12-28-18)26(22)13-15(3)4/h7-12,15H,5-6,13-14H2,1-4H3,(H,23,27). The molecule has 1 N–H and O–H groups in total. The first-order valence-electron chi connectivity index (χ1n) is 10.0. The van der Waals surface area contributed by atoms with Gasteiger partial charge in [-0.05, 0) is 42.0 Å². The van der Waals surface area contributed by atoms with Crippen molar-refractivity contribution in [1.82, 2.24) is 14.8 Å². The second-order valence-electron chi connectivity index (χ2n) is 7.28. The minimum Gasteiger partial charge on any atom is -0.461 e. The van der Waals surface area contributed by atoms with Crippen LogP contribution >= 0.6 is 11.8 Å². The van der Waals surface area contributed by atoms with Crippen LogP contribution in [-0.2, 0) is 24.2 Å². The molecule has 1 aromatic carbocycles. The van der Waals surface area contributed by atoms with Crippen LogP contribution in [0.1, 0.15) is 38.8 Å². The van der Waals surface area contributed by atoms with Crippen LogP contribution in [0, 0.1) is 5.92 Å². The molecule has 0 fully saturated rings. The average Bonchev–Trinajstić information content (AvgIpc) is 3.36. The van der Waals surface area contributed by atoms with E-state index >= 15 is 0 Å². The number of carbonyl (C=O) groups is 1. The molecule has 0 atom stereocenters. The van der Waals surface area contributed by atoms with E-state index in [0.29, 0.717) is 17.5 Å². The highest BCUT2D eigenvalue weighted by molar-refractivity contribution is 7.99. The molecule has 2 aromatic heterocycles. The second-order valence-corrected chi connectivity index (χ2v) is 8.23. The summed E-state index contributed by atoms with van der Waals surface area (Å²) >= 11 is 1.40. The molecule has 2 heterocycles. The zero-order chi connectivity index (χ0) is 20.8. The third-order valence-corrected chi connectivity index (χ3v) is 5.57. The summed E-state index contributed by atoms with van der Waals surface area (Å²) in [4.78, 5) is 12.7. The molecule has 0 aliphatic rings. The summed E-state index contributed by atoms with van der Waals surface area (Å²) in [5, 5.41) is 12.4.